The number of nitrogens with zero attached hydrogens (tertiary/aromatic N) is 6. The van der Waals surface area contributed by atoms with Gasteiger partial charge < -0.3 is 9.80 Å². The van der Waals surface area contributed by atoms with Gasteiger partial charge >= 0.3 is 11.8 Å². The number of halogens is 1. The predicted octanol–water partition coefficient (Wildman–Crippen LogP) is -0.183. The van der Waals surface area contributed by atoms with Crippen molar-refractivity contribution in [2.75, 3.05) is 20.1 Å². The minimum absolute atomic E-state index is 0.152. The van der Waals surface area contributed by atoms with Crippen LogP contribution in [0.1, 0.15) is 5.82 Å². The van der Waals surface area contributed by atoms with Crippen LogP contribution in [0.2, 0.25) is 5.15 Å². The molecule has 1 aliphatic rings. The molecule has 9 heteroatoms. The number of carbonyl (C=O) groups excluding carboxylic acids is 2. The van der Waals surface area contributed by atoms with Crippen LogP contribution in [0.15, 0.2) is 6.20 Å². The van der Waals surface area contributed by atoms with Crippen LogP contribution >= 0.6 is 11.6 Å². The van der Waals surface area contributed by atoms with Gasteiger partial charge in [0.1, 0.15) is 5.15 Å². The zero-order chi connectivity index (χ0) is 15.1. The SMILES string of the molecule is CN1CCN(Cc2nc(Cl)c3cnn(C)c3n2)C(=O)C1=O. The maximum absolute atomic E-state index is 11.9. The summed E-state index contributed by atoms with van der Waals surface area (Å²) < 4.78 is 1.59. The molecular formula is C12H13ClN6O2. The van der Waals surface area contributed by atoms with E-state index in [2.05, 4.69) is 15.1 Å². The van der Waals surface area contributed by atoms with E-state index in [0.717, 1.165) is 0 Å². The molecule has 1 fully saturated rings. The van der Waals surface area contributed by atoms with Crippen LogP contribution in [0.5, 0.6) is 0 Å². The number of hydrogen-bond donors (Lipinski definition) is 0. The van der Waals surface area contributed by atoms with Crippen molar-refractivity contribution >= 4 is 34.4 Å². The first-order valence-electron chi connectivity index (χ1n) is 6.36. The fraction of sp³-hybridized carbons (Fsp3) is 0.417. The number of aryl methyl sites for hydroxylation is 1. The van der Waals surface area contributed by atoms with Crippen molar-refractivity contribution in [2.24, 2.45) is 7.05 Å². The van der Waals surface area contributed by atoms with Gasteiger partial charge in [0.2, 0.25) is 0 Å². The van der Waals surface area contributed by atoms with Crippen LogP contribution in [-0.4, -0.2) is 61.5 Å². The molecule has 0 bridgehead atoms. The molecule has 0 saturated carbocycles. The van der Waals surface area contributed by atoms with Crippen LogP contribution in [-0.2, 0) is 23.2 Å². The van der Waals surface area contributed by atoms with Crippen molar-refractivity contribution < 1.29 is 9.59 Å². The van der Waals surface area contributed by atoms with Gasteiger partial charge in [-0.2, -0.15) is 5.10 Å². The second-order valence-electron chi connectivity index (χ2n) is 4.89. The molecule has 0 aromatic carbocycles. The molecule has 2 aromatic rings. The Kier molecular flexibility index (Phi) is 3.25. The lowest BCUT2D eigenvalue weighted by molar-refractivity contribution is -0.155. The van der Waals surface area contributed by atoms with E-state index in [1.807, 2.05) is 0 Å². The number of piperazine rings is 1. The zero-order valence-electron chi connectivity index (χ0n) is 11.6. The number of hydrogen-bond acceptors (Lipinski definition) is 5. The van der Waals surface area contributed by atoms with E-state index in [1.54, 1.807) is 25.0 Å². The first-order chi connectivity index (χ1) is 9.97. The van der Waals surface area contributed by atoms with E-state index in [1.165, 1.54) is 9.80 Å². The third-order valence-corrected chi connectivity index (χ3v) is 3.73. The summed E-state index contributed by atoms with van der Waals surface area (Å²) in [4.78, 5) is 35.0. The summed E-state index contributed by atoms with van der Waals surface area (Å²) in [6, 6.07) is 0. The molecule has 2 aromatic heterocycles. The van der Waals surface area contributed by atoms with Crippen molar-refractivity contribution in [3.8, 4) is 0 Å². The molecule has 0 N–H and O–H groups in total. The van der Waals surface area contributed by atoms with Crippen molar-refractivity contribution in [3.05, 3.63) is 17.2 Å². The molecule has 0 aliphatic carbocycles. The van der Waals surface area contributed by atoms with E-state index in [9.17, 15) is 9.59 Å². The van der Waals surface area contributed by atoms with Gasteiger partial charge in [-0.1, -0.05) is 11.6 Å². The number of fused-ring (bicyclic) bond motifs is 1. The van der Waals surface area contributed by atoms with Gasteiger partial charge in [-0.15, -0.1) is 0 Å². The van der Waals surface area contributed by atoms with E-state index >= 15 is 0 Å². The number of aromatic nitrogens is 4. The molecule has 0 radical (unpaired) electrons. The quantitative estimate of drug-likeness (QED) is 0.567. The summed E-state index contributed by atoms with van der Waals surface area (Å²) >= 11 is 6.10. The average molecular weight is 309 g/mol. The molecule has 0 atom stereocenters. The fourth-order valence-electron chi connectivity index (χ4n) is 2.19. The molecule has 8 nitrogen and oxygen atoms in total. The second-order valence-corrected chi connectivity index (χ2v) is 5.25. The summed E-state index contributed by atoms with van der Waals surface area (Å²) in [6.45, 7) is 1.09. The Hall–Kier alpha value is -2.22. The van der Waals surface area contributed by atoms with E-state index in [-0.39, 0.29) is 11.7 Å². The van der Waals surface area contributed by atoms with Gasteiger partial charge in [0.05, 0.1) is 18.1 Å². The lowest BCUT2D eigenvalue weighted by Gasteiger charge is -2.30. The van der Waals surface area contributed by atoms with Crippen molar-refractivity contribution in [3.63, 3.8) is 0 Å². The molecule has 0 unspecified atom stereocenters. The monoisotopic (exact) mass is 308 g/mol. The van der Waals surface area contributed by atoms with E-state index in [0.29, 0.717) is 29.9 Å². The Morgan fingerprint density at radius 2 is 1.95 bits per heavy atom. The Morgan fingerprint density at radius 1 is 1.19 bits per heavy atom. The zero-order valence-corrected chi connectivity index (χ0v) is 12.3. The summed E-state index contributed by atoms with van der Waals surface area (Å²) in [5, 5.41) is 5.01. The summed E-state index contributed by atoms with van der Waals surface area (Å²) in [5.41, 5.74) is 0.595. The average Bonchev–Trinajstić information content (AvgIpc) is 2.82. The van der Waals surface area contributed by atoms with Crippen LogP contribution in [0.4, 0.5) is 0 Å². The molecular weight excluding hydrogens is 296 g/mol. The predicted molar refractivity (Wildman–Crippen MR) is 74.4 cm³/mol. The van der Waals surface area contributed by atoms with Gasteiger partial charge in [0.15, 0.2) is 11.5 Å². The third kappa shape index (κ3) is 2.31. The van der Waals surface area contributed by atoms with Gasteiger partial charge in [-0.05, 0) is 0 Å². The molecule has 21 heavy (non-hydrogen) atoms. The Morgan fingerprint density at radius 3 is 2.71 bits per heavy atom. The lowest BCUT2D eigenvalue weighted by atomic mass is 10.3. The summed E-state index contributed by atoms with van der Waals surface area (Å²) in [6.07, 6.45) is 1.59. The Balaban J connectivity index is 1.90. The van der Waals surface area contributed by atoms with Gasteiger partial charge in [-0.3, -0.25) is 14.3 Å². The van der Waals surface area contributed by atoms with E-state index in [4.69, 9.17) is 11.6 Å². The molecule has 1 saturated heterocycles. The van der Waals surface area contributed by atoms with Gasteiger partial charge in [0.25, 0.3) is 0 Å². The lowest BCUT2D eigenvalue weighted by Crippen LogP contribution is -2.52. The first kappa shape index (κ1) is 13.7. The minimum atomic E-state index is -0.548. The smallest absolute Gasteiger partial charge is 0.312 e. The Labute approximate surface area is 125 Å². The minimum Gasteiger partial charge on any atom is -0.336 e. The summed E-state index contributed by atoms with van der Waals surface area (Å²) in [7, 11) is 3.35. The first-order valence-corrected chi connectivity index (χ1v) is 6.73. The highest BCUT2D eigenvalue weighted by molar-refractivity contribution is 6.35. The number of likely N-dealkylation sites (N-methyl/N-ethyl adjacent to an activating group) is 1. The standard InChI is InChI=1S/C12H13ClN6O2/c1-17-3-4-19(12(21)11(17)20)6-8-15-9(13)7-5-14-18(2)10(7)16-8/h5H,3-4,6H2,1-2H3. The largest absolute Gasteiger partial charge is 0.336 e. The third-order valence-electron chi connectivity index (χ3n) is 3.45. The van der Waals surface area contributed by atoms with E-state index < -0.39 is 11.8 Å². The van der Waals surface area contributed by atoms with Crippen molar-refractivity contribution in [1.29, 1.82) is 0 Å². The maximum Gasteiger partial charge on any atom is 0.312 e. The number of carbonyl (C=O) groups is 2. The van der Waals surface area contributed by atoms with Crippen LogP contribution in [0.25, 0.3) is 11.0 Å². The molecule has 2 amide bonds. The van der Waals surface area contributed by atoms with Crippen LogP contribution in [0, 0.1) is 0 Å². The van der Waals surface area contributed by atoms with Gasteiger partial charge in [0, 0.05) is 27.2 Å². The highest BCUT2D eigenvalue weighted by Gasteiger charge is 2.30. The normalized spacial score (nSPS) is 16.1. The second kappa shape index (κ2) is 4.96. The van der Waals surface area contributed by atoms with Crippen LogP contribution in [0.3, 0.4) is 0 Å². The highest BCUT2D eigenvalue weighted by atomic mass is 35.5. The molecule has 3 heterocycles. The number of amides is 2. The molecule has 1 aliphatic heterocycles. The topological polar surface area (TPSA) is 84.2 Å². The van der Waals surface area contributed by atoms with Crippen molar-refractivity contribution in [1.82, 2.24) is 29.5 Å². The number of rotatable bonds is 2. The van der Waals surface area contributed by atoms with Crippen LogP contribution < -0.4 is 0 Å². The molecule has 110 valence electrons. The van der Waals surface area contributed by atoms with Gasteiger partial charge in [-0.25, -0.2) is 9.97 Å². The fourth-order valence-corrected chi connectivity index (χ4v) is 2.43. The summed E-state index contributed by atoms with van der Waals surface area (Å²) in [5.74, 6) is -0.677. The molecule has 0 spiro atoms. The molecule has 3 rings (SSSR count). The maximum atomic E-state index is 11.9. The highest BCUT2D eigenvalue weighted by Crippen LogP contribution is 2.20. The Bertz CT molecular complexity index is 743. The van der Waals surface area contributed by atoms with Crippen molar-refractivity contribution in [2.45, 2.75) is 6.54 Å².